The number of hydrogen-bond acceptors (Lipinski definition) is 6. The van der Waals surface area contributed by atoms with E-state index in [1.54, 1.807) is 23.9 Å². The number of nitrogens with zero attached hydrogens (tertiary/aromatic N) is 3. The van der Waals surface area contributed by atoms with Gasteiger partial charge in [0.15, 0.2) is 11.0 Å². The Morgan fingerprint density at radius 3 is 3.11 bits per heavy atom. The third-order valence-corrected chi connectivity index (χ3v) is 3.61. The van der Waals surface area contributed by atoms with E-state index < -0.39 is 0 Å². The summed E-state index contributed by atoms with van der Waals surface area (Å²) in [5, 5.41) is 14.8. The van der Waals surface area contributed by atoms with E-state index in [2.05, 4.69) is 26.8 Å². The zero-order valence-corrected chi connectivity index (χ0v) is 11.3. The van der Waals surface area contributed by atoms with Gasteiger partial charge >= 0.3 is 0 Å². The Kier molecular flexibility index (Phi) is 4.51. The SMILES string of the molecule is C=C/C(=C\C=N)Cc1nc(CC2CSC(N)=N2)n[nH]1. The second-order valence-electron chi connectivity index (χ2n) is 4.12. The Morgan fingerprint density at radius 1 is 1.63 bits per heavy atom. The fourth-order valence-corrected chi connectivity index (χ4v) is 2.54. The Balaban J connectivity index is 1.97. The van der Waals surface area contributed by atoms with Crippen molar-refractivity contribution in [2.45, 2.75) is 18.9 Å². The van der Waals surface area contributed by atoms with E-state index >= 15 is 0 Å². The van der Waals surface area contributed by atoms with Crippen LogP contribution in [0.1, 0.15) is 11.6 Å². The third-order valence-electron chi connectivity index (χ3n) is 2.66. The molecule has 0 aliphatic carbocycles. The lowest BCUT2D eigenvalue weighted by Crippen LogP contribution is -2.09. The molecule has 1 aliphatic rings. The van der Waals surface area contributed by atoms with E-state index in [-0.39, 0.29) is 6.04 Å². The smallest absolute Gasteiger partial charge is 0.154 e. The normalized spacial score (nSPS) is 19.3. The number of amidine groups is 1. The summed E-state index contributed by atoms with van der Waals surface area (Å²) < 4.78 is 0. The molecule has 0 saturated heterocycles. The second-order valence-corrected chi connectivity index (χ2v) is 5.16. The molecule has 0 radical (unpaired) electrons. The summed E-state index contributed by atoms with van der Waals surface area (Å²) in [4.78, 5) is 8.72. The number of aromatic amines is 1. The van der Waals surface area contributed by atoms with E-state index in [0.717, 1.165) is 23.0 Å². The van der Waals surface area contributed by atoms with E-state index in [9.17, 15) is 0 Å². The zero-order valence-electron chi connectivity index (χ0n) is 10.5. The molecule has 1 aromatic heterocycles. The van der Waals surface area contributed by atoms with Crippen molar-refractivity contribution < 1.29 is 0 Å². The van der Waals surface area contributed by atoms with Gasteiger partial charge in [-0.1, -0.05) is 24.4 Å². The van der Waals surface area contributed by atoms with Gasteiger partial charge in [-0.15, -0.1) is 0 Å². The van der Waals surface area contributed by atoms with Gasteiger partial charge in [-0.2, -0.15) is 5.10 Å². The maximum atomic E-state index is 7.05. The molecule has 4 N–H and O–H groups in total. The highest BCUT2D eigenvalue weighted by Gasteiger charge is 2.18. The highest BCUT2D eigenvalue weighted by molar-refractivity contribution is 8.14. The average Bonchev–Trinajstić information content (AvgIpc) is 2.99. The van der Waals surface area contributed by atoms with Crippen LogP contribution in [0.25, 0.3) is 0 Å². The maximum Gasteiger partial charge on any atom is 0.154 e. The number of aliphatic imine (C=N–C) groups is 1. The molecule has 0 saturated carbocycles. The lowest BCUT2D eigenvalue weighted by molar-refractivity contribution is 0.724. The van der Waals surface area contributed by atoms with Crippen molar-refractivity contribution in [2.75, 3.05) is 5.75 Å². The molecule has 0 bridgehead atoms. The van der Waals surface area contributed by atoms with Crippen LogP contribution in [0.2, 0.25) is 0 Å². The fourth-order valence-electron chi connectivity index (χ4n) is 1.76. The molecule has 2 rings (SSSR count). The third kappa shape index (κ3) is 3.78. The second kappa shape index (κ2) is 6.33. The summed E-state index contributed by atoms with van der Waals surface area (Å²) in [6.45, 7) is 3.71. The van der Waals surface area contributed by atoms with Crippen LogP contribution in [0.4, 0.5) is 0 Å². The van der Waals surface area contributed by atoms with Crippen LogP contribution >= 0.6 is 11.8 Å². The maximum absolute atomic E-state index is 7.05. The average molecular weight is 276 g/mol. The topological polar surface area (TPSA) is 104 Å². The zero-order chi connectivity index (χ0) is 13.7. The highest BCUT2D eigenvalue weighted by Crippen LogP contribution is 2.17. The van der Waals surface area contributed by atoms with Crippen molar-refractivity contribution in [1.29, 1.82) is 5.41 Å². The van der Waals surface area contributed by atoms with E-state index in [0.29, 0.717) is 18.0 Å². The molecule has 19 heavy (non-hydrogen) atoms. The number of nitrogens with two attached hydrogens (primary N) is 1. The van der Waals surface area contributed by atoms with Crippen LogP contribution < -0.4 is 5.73 Å². The Bertz CT molecular complexity index is 530. The molecule has 2 heterocycles. The van der Waals surface area contributed by atoms with E-state index in [1.807, 2.05) is 0 Å². The Hall–Kier alpha value is -1.89. The van der Waals surface area contributed by atoms with Crippen LogP contribution in [0.5, 0.6) is 0 Å². The largest absolute Gasteiger partial charge is 0.379 e. The van der Waals surface area contributed by atoms with Gasteiger partial charge < -0.3 is 11.1 Å². The molecule has 0 spiro atoms. The minimum absolute atomic E-state index is 0.171. The van der Waals surface area contributed by atoms with Crippen molar-refractivity contribution in [3.63, 3.8) is 0 Å². The molecule has 0 aromatic carbocycles. The number of rotatable bonds is 6. The van der Waals surface area contributed by atoms with E-state index in [4.69, 9.17) is 11.1 Å². The molecular weight excluding hydrogens is 260 g/mol. The lowest BCUT2D eigenvalue weighted by Gasteiger charge is -2.00. The van der Waals surface area contributed by atoms with Gasteiger partial charge in [0.1, 0.15) is 5.82 Å². The summed E-state index contributed by atoms with van der Waals surface area (Å²) in [5.74, 6) is 2.41. The number of aromatic nitrogens is 3. The Morgan fingerprint density at radius 2 is 2.47 bits per heavy atom. The molecule has 7 heteroatoms. The first-order valence-corrected chi connectivity index (χ1v) is 6.88. The van der Waals surface area contributed by atoms with Gasteiger partial charge in [0.25, 0.3) is 0 Å². The van der Waals surface area contributed by atoms with E-state index in [1.165, 1.54) is 6.21 Å². The van der Waals surface area contributed by atoms with Crippen LogP contribution in [0.3, 0.4) is 0 Å². The summed E-state index contributed by atoms with van der Waals surface area (Å²) in [5.41, 5.74) is 6.55. The molecule has 100 valence electrons. The molecule has 1 unspecified atom stereocenters. The van der Waals surface area contributed by atoms with Gasteiger partial charge in [0, 0.05) is 24.8 Å². The van der Waals surface area contributed by atoms with Gasteiger partial charge in [0.05, 0.1) is 6.04 Å². The summed E-state index contributed by atoms with van der Waals surface area (Å²) in [7, 11) is 0. The predicted molar refractivity (Wildman–Crippen MR) is 78.7 cm³/mol. The monoisotopic (exact) mass is 276 g/mol. The van der Waals surface area contributed by atoms with Crippen LogP contribution in [0.15, 0.2) is 29.3 Å². The van der Waals surface area contributed by atoms with Crippen molar-refractivity contribution in [2.24, 2.45) is 10.7 Å². The van der Waals surface area contributed by atoms with Crippen LogP contribution in [0, 0.1) is 5.41 Å². The standard InChI is InChI=1S/C12H16N6S/c1-2-8(3-4-13)5-10-16-11(18-17-10)6-9-7-19-12(14)15-9/h2-4,9,13H,1,5-7H2,(H2,14,15)(H,16,17,18)/b8-3+,13-4?. The van der Waals surface area contributed by atoms with Crippen molar-refractivity contribution >= 4 is 23.1 Å². The summed E-state index contributed by atoms with van der Waals surface area (Å²) in [6, 6.07) is 0.171. The molecule has 1 aromatic rings. The first-order valence-electron chi connectivity index (χ1n) is 5.89. The van der Waals surface area contributed by atoms with Gasteiger partial charge in [-0.05, 0) is 11.6 Å². The molecule has 0 amide bonds. The lowest BCUT2D eigenvalue weighted by atomic mass is 10.1. The minimum Gasteiger partial charge on any atom is -0.379 e. The quantitative estimate of drug-likeness (QED) is 0.534. The number of H-pyrrole nitrogens is 1. The number of hydrogen-bond donors (Lipinski definition) is 3. The van der Waals surface area contributed by atoms with Crippen LogP contribution in [-0.4, -0.2) is 38.4 Å². The first-order chi connectivity index (χ1) is 9.21. The van der Waals surface area contributed by atoms with Gasteiger partial charge in [0.2, 0.25) is 0 Å². The van der Waals surface area contributed by atoms with Crippen molar-refractivity contribution in [1.82, 2.24) is 15.2 Å². The molecule has 1 aliphatic heterocycles. The molecular formula is C12H16N6S. The number of nitrogens with one attached hydrogen (secondary N) is 2. The fraction of sp³-hybridized carbons (Fsp3) is 0.333. The Labute approximate surface area is 115 Å². The minimum atomic E-state index is 0.171. The summed E-state index contributed by atoms with van der Waals surface area (Å²) >= 11 is 1.57. The molecule has 6 nitrogen and oxygen atoms in total. The van der Waals surface area contributed by atoms with Gasteiger partial charge in [-0.3, -0.25) is 10.1 Å². The van der Waals surface area contributed by atoms with Crippen LogP contribution in [-0.2, 0) is 12.8 Å². The van der Waals surface area contributed by atoms with Gasteiger partial charge in [-0.25, -0.2) is 4.98 Å². The first kappa shape index (κ1) is 13.5. The predicted octanol–water partition coefficient (Wildman–Crippen LogP) is 1.08. The summed E-state index contributed by atoms with van der Waals surface area (Å²) in [6.07, 6.45) is 5.93. The van der Waals surface area contributed by atoms with Crippen molar-refractivity contribution in [3.05, 3.63) is 36.0 Å². The van der Waals surface area contributed by atoms with Crippen molar-refractivity contribution in [3.8, 4) is 0 Å². The molecule has 1 atom stereocenters. The number of thioether (sulfide) groups is 1. The molecule has 0 fully saturated rings. The number of allylic oxidation sites excluding steroid dienone is 3. The highest BCUT2D eigenvalue weighted by atomic mass is 32.2.